The lowest BCUT2D eigenvalue weighted by atomic mass is 10.1. The Labute approximate surface area is 107 Å². The molecule has 4 heteroatoms. The van der Waals surface area contributed by atoms with Gasteiger partial charge in [-0.05, 0) is 24.6 Å². The van der Waals surface area contributed by atoms with Gasteiger partial charge in [-0.3, -0.25) is 4.79 Å². The zero-order valence-corrected chi connectivity index (χ0v) is 10.6. The van der Waals surface area contributed by atoms with Crippen molar-refractivity contribution in [2.45, 2.75) is 13.8 Å². The van der Waals surface area contributed by atoms with E-state index in [2.05, 4.69) is 5.32 Å². The molecule has 1 N–H and O–H groups in total. The van der Waals surface area contributed by atoms with Crippen LogP contribution in [0, 0.1) is 0 Å². The van der Waals surface area contributed by atoms with E-state index in [9.17, 15) is 9.59 Å². The summed E-state index contributed by atoms with van der Waals surface area (Å²) >= 11 is 0. The van der Waals surface area contributed by atoms with Crippen LogP contribution in [0.5, 0.6) is 0 Å². The fourth-order valence-electron chi connectivity index (χ4n) is 1.38. The highest BCUT2D eigenvalue weighted by Gasteiger charge is 2.05. The molecule has 18 heavy (non-hydrogen) atoms. The minimum Gasteiger partial charge on any atom is -0.462 e. The highest BCUT2D eigenvalue weighted by Crippen LogP contribution is 2.08. The van der Waals surface area contributed by atoms with Gasteiger partial charge in [0.05, 0.1) is 12.2 Å². The van der Waals surface area contributed by atoms with Crippen LogP contribution >= 0.6 is 0 Å². The molecule has 1 aromatic rings. The minimum atomic E-state index is -0.324. The molecule has 0 bridgehead atoms. The maximum atomic E-state index is 11.5. The van der Waals surface area contributed by atoms with Gasteiger partial charge < -0.3 is 10.1 Å². The highest BCUT2D eigenvalue weighted by atomic mass is 16.5. The normalized spacial score (nSPS) is 10.3. The van der Waals surface area contributed by atoms with E-state index in [1.807, 2.05) is 18.2 Å². The number of ether oxygens (including phenoxy) is 1. The number of esters is 1. The largest absolute Gasteiger partial charge is 0.462 e. The number of hydrogen-bond acceptors (Lipinski definition) is 3. The van der Waals surface area contributed by atoms with Crippen LogP contribution < -0.4 is 5.32 Å². The SMILES string of the molecule is CCOC(=O)c1cccc(C=CCNC(C)=O)c1. The smallest absolute Gasteiger partial charge is 0.338 e. The second kappa shape index (κ2) is 7.27. The molecule has 0 aliphatic carbocycles. The molecule has 0 atom stereocenters. The molecule has 96 valence electrons. The van der Waals surface area contributed by atoms with Crippen molar-refractivity contribution in [1.29, 1.82) is 0 Å². The zero-order chi connectivity index (χ0) is 13.4. The first kappa shape index (κ1) is 14.0. The Morgan fingerprint density at radius 2 is 2.17 bits per heavy atom. The summed E-state index contributed by atoms with van der Waals surface area (Å²) in [7, 11) is 0. The van der Waals surface area contributed by atoms with E-state index in [1.165, 1.54) is 6.92 Å². The molecule has 0 saturated heterocycles. The van der Waals surface area contributed by atoms with Gasteiger partial charge in [-0.2, -0.15) is 0 Å². The Morgan fingerprint density at radius 1 is 1.39 bits per heavy atom. The predicted octanol–water partition coefficient (Wildman–Crippen LogP) is 2.01. The summed E-state index contributed by atoms with van der Waals surface area (Å²) in [4.78, 5) is 22.2. The Morgan fingerprint density at radius 3 is 2.83 bits per heavy atom. The number of carbonyl (C=O) groups is 2. The Bertz CT molecular complexity index is 452. The van der Waals surface area contributed by atoms with E-state index in [1.54, 1.807) is 25.1 Å². The summed E-state index contributed by atoms with van der Waals surface area (Å²) in [5, 5.41) is 2.66. The summed E-state index contributed by atoms with van der Waals surface area (Å²) in [5.74, 6) is -0.394. The molecule has 0 heterocycles. The summed E-state index contributed by atoms with van der Waals surface area (Å²) in [6.45, 7) is 4.07. The number of amides is 1. The predicted molar refractivity (Wildman–Crippen MR) is 70.1 cm³/mol. The number of rotatable bonds is 5. The third-order valence-corrected chi connectivity index (χ3v) is 2.18. The summed E-state index contributed by atoms with van der Waals surface area (Å²) in [6, 6.07) is 7.14. The lowest BCUT2D eigenvalue weighted by Crippen LogP contribution is -2.19. The van der Waals surface area contributed by atoms with Crippen LogP contribution in [0.3, 0.4) is 0 Å². The van der Waals surface area contributed by atoms with E-state index >= 15 is 0 Å². The van der Waals surface area contributed by atoms with Crippen LogP contribution in [0.4, 0.5) is 0 Å². The molecule has 0 aromatic heterocycles. The molecule has 0 unspecified atom stereocenters. The molecule has 0 fully saturated rings. The van der Waals surface area contributed by atoms with Crippen LogP contribution in [0.15, 0.2) is 30.3 Å². The lowest BCUT2D eigenvalue weighted by Gasteiger charge is -2.02. The fraction of sp³-hybridized carbons (Fsp3) is 0.286. The van der Waals surface area contributed by atoms with Gasteiger partial charge in [0.25, 0.3) is 0 Å². The van der Waals surface area contributed by atoms with Crippen LogP contribution in [0.1, 0.15) is 29.8 Å². The Kier molecular flexibility index (Phi) is 5.64. The van der Waals surface area contributed by atoms with Crippen molar-refractivity contribution in [2.75, 3.05) is 13.2 Å². The van der Waals surface area contributed by atoms with Gasteiger partial charge in [-0.15, -0.1) is 0 Å². The lowest BCUT2D eigenvalue weighted by molar-refractivity contribution is -0.118. The molecule has 4 nitrogen and oxygen atoms in total. The van der Waals surface area contributed by atoms with Crippen LogP contribution in [0.2, 0.25) is 0 Å². The van der Waals surface area contributed by atoms with Crippen molar-refractivity contribution < 1.29 is 14.3 Å². The number of carbonyl (C=O) groups excluding carboxylic acids is 2. The minimum absolute atomic E-state index is 0.0695. The van der Waals surface area contributed by atoms with Gasteiger partial charge in [0, 0.05) is 13.5 Å². The maximum absolute atomic E-state index is 11.5. The van der Waals surface area contributed by atoms with E-state index in [4.69, 9.17) is 4.74 Å². The molecule has 0 aliphatic rings. The average Bonchev–Trinajstić information content (AvgIpc) is 2.35. The monoisotopic (exact) mass is 247 g/mol. The molecule has 1 amide bonds. The third kappa shape index (κ3) is 4.82. The molecular weight excluding hydrogens is 230 g/mol. The second-order valence-electron chi connectivity index (χ2n) is 3.69. The van der Waals surface area contributed by atoms with E-state index in [-0.39, 0.29) is 11.9 Å². The first-order valence-electron chi connectivity index (χ1n) is 5.81. The van der Waals surface area contributed by atoms with Gasteiger partial charge in [0.1, 0.15) is 0 Å². The van der Waals surface area contributed by atoms with Gasteiger partial charge in [0.15, 0.2) is 0 Å². The highest BCUT2D eigenvalue weighted by molar-refractivity contribution is 5.90. The second-order valence-corrected chi connectivity index (χ2v) is 3.69. The van der Waals surface area contributed by atoms with Crippen molar-refractivity contribution in [3.63, 3.8) is 0 Å². The zero-order valence-electron chi connectivity index (χ0n) is 10.6. The molecule has 0 aliphatic heterocycles. The van der Waals surface area contributed by atoms with E-state index in [0.29, 0.717) is 18.7 Å². The van der Waals surface area contributed by atoms with Crippen molar-refractivity contribution in [1.82, 2.24) is 5.32 Å². The van der Waals surface area contributed by atoms with E-state index in [0.717, 1.165) is 5.56 Å². The molecule has 0 saturated carbocycles. The van der Waals surface area contributed by atoms with Crippen LogP contribution in [-0.2, 0) is 9.53 Å². The summed E-state index contributed by atoms with van der Waals surface area (Å²) < 4.78 is 4.92. The van der Waals surface area contributed by atoms with Crippen molar-refractivity contribution in [2.24, 2.45) is 0 Å². The Balaban J connectivity index is 2.64. The standard InChI is InChI=1S/C14H17NO3/c1-3-18-14(17)13-8-4-6-12(10-13)7-5-9-15-11(2)16/h4-8,10H,3,9H2,1-2H3,(H,15,16). The van der Waals surface area contributed by atoms with Crippen LogP contribution in [-0.4, -0.2) is 25.0 Å². The maximum Gasteiger partial charge on any atom is 0.338 e. The van der Waals surface area contributed by atoms with Crippen molar-refractivity contribution >= 4 is 18.0 Å². The van der Waals surface area contributed by atoms with Gasteiger partial charge in [0.2, 0.25) is 5.91 Å². The van der Waals surface area contributed by atoms with Crippen molar-refractivity contribution in [3.8, 4) is 0 Å². The molecule has 0 spiro atoms. The summed E-state index contributed by atoms with van der Waals surface area (Å²) in [5.41, 5.74) is 1.42. The quantitative estimate of drug-likeness (QED) is 0.810. The molecular formula is C14H17NO3. The molecule has 1 aromatic carbocycles. The van der Waals surface area contributed by atoms with Crippen molar-refractivity contribution in [3.05, 3.63) is 41.5 Å². The topological polar surface area (TPSA) is 55.4 Å². The van der Waals surface area contributed by atoms with Crippen LogP contribution in [0.25, 0.3) is 6.08 Å². The summed E-state index contributed by atoms with van der Waals surface area (Å²) in [6.07, 6.45) is 3.67. The first-order chi connectivity index (χ1) is 8.63. The molecule has 0 radical (unpaired) electrons. The Hall–Kier alpha value is -2.10. The first-order valence-corrected chi connectivity index (χ1v) is 5.81. The van der Waals surface area contributed by atoms with Gasteiger partial charge in [-0.25, -0.2) is 4.79 Å². The third-order valence-electron chi connectivity index (χ3n) is 2.18. The van der Waals surface area contributed by atoms with E-state index < -0.39 is 0 Å². The fourth-order valence-corrected chi connectivity index (χ4v) is 1.38. The van der Waals surface area contributed by atoms with Gasteiger partial charge in [-0.1, -0.05) is 24.3 Å². The molecule has 1 rings (SSSR count). The number of hydrogen-bond donors (Lipinski definition) is 1. The van der Waals surface area contributed by atoms with Gasteiger partial charge >= 0.3 is 5.97 Å². The average molecular weight is 247 g/mol. The number of benzene rings is 1. The number of nitrogens with one attached hydrogen (secondary N) is 1.